The van der Waals surface area contributed by atoms with Gasteiger partial charge in [0.05, 0.1) is 22.6 Å². The van der Waals surface area contributed by atoms with Crippen molar-refractivity contribution in [3.8, 4) is 6.07 Å². The summed E-state index contributed by atoms with van der Waals surface area (Å²) in [6.45, 7) is 6.84. The quantitative estimate of drug-likeness (QED) is 0.747. The van der Waals surface area contributed by atoms with Crippen LogP contribution in [-0.4, -0.2) is 20.2 Å². The van der Waals surface area contributed by atoms with Crippen LogP contribution < -0.4 is 4.31 Å². The molecule has 2 aromatic carbocycles. The topological polar surface area (TPSA) is 61.2 Å². The maximum atomic E-state index is 13.1. The Balaban J connectivity index is 1.74. The third-order valence-electron chi connectivity index (χ3n) is 5.46. The van der Waals surface area contributed by atoms with Crippen LogP contribution >= 0.6 is 0 Å². The molecule has 1 saturated heterocycles. The highest BCUT2D eigenvalue weighted by Crippen LogP contribution is 2.34. The van der Waals surface area contributed by atoms with Crippen LogP contribution in [0.1, 0.15) is 62.1 Å². The lowest BCUT2D eigenvalue weighted by atomic mass is 9.94. The minimum absolute atomic E-state index is 0.126. The average Bonchev–Trinajstić information content (AvgIpc) is 2.96. The van der Waals surface area contributed by atoms with Gasteiger partial charge in [0, 0.05) is 6.54 Å². The molecule has 0 spiro atoms. The van der Waals surface area contributed by atoms with Crippen molar-refractivity contribution in [3.63, 3.8) is 0 Å². The number of anilines is 1. The molecule has 0 radical (unpaired) electrons. The lowest BCUT2D eigenvalue weighted by Crippen LogP contribution is -2.30. The van der Waals surface area contributed by atoms with Crippen LogP contribution in [0.25, 0.3) is 0 Å². The number of rotatable bonds is 5. The van der Waals surface area contributed by atoms with E-state index in [2.05, 4.69) is 26.8 Å². The Bertz CT molecular complexity index is 926. The van der Waals surface area contributed by atoms with Gasteiger partial charge in [-0.1, -0.05) is 45.0 Å². The van der Waals surface area contributed by atoms with E-state index in [1.165, 1.54) is 5.56 Å². The molecule has 0 aromatic heterocycles. The van der Waals surface area contributed by atoms with Crippen molar-refractivity contribution in [2.75, 3.05) is 10.8 Å². The number of hydrogen-bond donors (Lipinski definition) is 0. The Morgan fingerprint density at radius 3 is 2.19 bits per heavy atom. The predicted octanol–water partition coefficient (Wildman–Crippen LogP) is 4.78. The number of benzene rings is 2. The fourth-order valence-corrected chi connectivity index (χ4v) is 5.75. The molecule has 0 aliphatic carbocycles. The number of nitriles is 1. The summed E-state index contributed by atoms with van der Waals surface area (Å²) in [5, 5.41) is 8.55. The molecule has 1 heterocycles. The zero-order chi connectivity index (χ0) is 19.6. The highest BCUT2D eigenvalue weighted by Gasteiger charge is 2.39. The van der Waals surface area contributed by atoms with E-state index in [0.717, 1.165) is 11.3 Å². The Hall–Kier alpha value is -2.32. The summed E-state index contributed by atoms with van der Waals surface area (Å²) >= 11 is 0. The molecule has 3 rings (SSSR count). The smallest absolute Gasteiger partial charge is 0.238 e. The van der Waals surface area contributed by atoms with E-state index in [9.17, 15) is 8.42 Å². The Morgan fingerprint density at radius 2 is 1.63 bits per heavy atom. The summed E-state index contributed by atoms with van der Waals surface area (Å²) in [6.07, 6.45) is 1.24. The van der Waals surface area contributed by atoms with Gasteiger partial charge in [0.15, 0.2) is 0 Å². The zero-order valence-corrected chi connectivity index (χ0v) is 16.9. The molecule has 0 amide bonds. The molecule has 0 bridgehead atoms. The van der Waals surface area contributed by atoms with E-state index in [-0.39, 0.29) is 11.2 Å². The van der Waals surface area contributed by atoms with Gasteiger partial charge in [-0.05, 0) is 60.1 Å². The lowest BCUT2D eigenvalue weighted by molar-refractivity contribution is 0.566. The van der Waals surface area contributed by atoms with E-state index in [1.54, 1.807) is 16.4 Å². The number of hydrogen-bond acceptors (Lipinski definition) is 3. The molecule has 142 valence electrons. The first-order valence-corrected chi connectivity index (χ1v) is 10.9. The standard InChI is InChI=1S/C22H26N2O2S/c1-16(2)19-8-10-21(11-9-19)24-13-12-22(27(24,25)26)14-17(3)20-6-4-18(15-23)5-7-20/h4-11,16-17,22H,12-14H2,1-3H3. The van der Waals surface area contributed by atoms with Crippen molar-refractivity contribution in [3.05, 3.63) is 65.2 Å². The summed E-state index contributed by atoms with van der Waals surface area (Å²) in [7, 11) is -3.35. The van der Waals surface area contributed by atoms with Gasteiger partial charge in [0.25, 0.3) is 0 Å². The summed E-state index contributed by atoms with van der Waals surface area (Å²) in [5.41, 5.74) is 3.66. The van der Waals surface area contributed by atoms with Crippen LogP contribution in [0, 0.1) is 11.3 Å². The maximum Gasteiger partial charge on any atom is 0.238 e. The van der Waals surface area contributed by atoms with Crippen molar-refractivity contribution in [1.29, 1.82) is 5.26 Å². The Labute approximate surface area is 162 Å². The van der Waals surface area contributed by atoms with Crippen LogP contribution in [0.5, 0.6) is 0 Å². The van der Waals surface area contributed by atoms with Crippen molar-refractivity contribution < 1.29 is 8.42 Å². The van der Waals surface area contributed by atoms with Crippen LogP contribution in [0.15, 0.2) is 48.5 Å². The van der Waals surface area contributed by atoms with Crippen molar-refractivity contribution >= 4 is 15.7 Å². The number of sulfonamides is 1. The molecule has 1 aliphatic heterocycles. The van der Waals surface area contributed by atoms with Gasteiger partial charge >= 0.3 is 0 Å². The molecule has 1 fully saturated rings. The molecule has 4 nitrogen and oxygen atoms in total. The Kier molecular flexibility index (Phi) is 5.57. The fraction of sp³-hybridized carbons (Fsp3) is 0.409. The van der Waals surface area contributed by atoms with Gasteiger partial charge in [-0.15, -0.1) is 0 Å². The summed E-state index contributed by atoms with van der Waals surface area (Å²) in [4.78, 5) is 0. The maximum absolute atomic E-state index is 13.1. The molecule has 2 aromatic rings. The van der Waals surface area contributed by atoms with Crippen molar-refractivity contribution in [2.45, 2.75) is 50.7 Å². The second-order valence-electron chi connectivity index (χ2n) is 7.64. The molecule has 0 N–H and O–H groups in total. The van der Waals surface area contributed by atoms with Gasteiger partial charge in [-0.3, -0.25) is 4.31 Å². The molecular weight excluding hydrogens is 356 g/mol. The van der Waals surface area contributed by atoms with Gasteiger partial charge in [0.1, 0.15) is 0 Å². The minimum atomic E-state index is -3.35. The number of nitrogens with zero attached hydrogens (tertiary/aromatic N) is 2. The van der Waals surface area contributed by atoms with Crippen LogP contribution in [-0.2, 0) is 10.0 Å². The van der Waals surface area contributed by atoms with E-state index in [0.29, 0.717) is 30.9 Å². The van der Waals surface area contributed by atoms with E-state index in [1.807, 2.05) is 36.4 Å². The summed E-state index contributed by atoms with van der Waals surface area (Å²) in [5.74, 6) is 0.552. The monoisotopic (exact) mass is 382 g/mol. The molecule has 0 saturated carbocycles. The molecule has 2 unspecified atom stereocenters. The molecular formula is C22H26N2O2S. The lowest BCUT2D eigenvalue weighted by Gasteiger charge is -2.21. The van der Waals surface area contributed by atoms with Crippen molar-refractivity contribution in [2.24, 2.45) is 0 Å². The third kappa shape index (κ3) is 4.01. The first-order valence-electron chi connectivity index (χ1n) is 9.44. The van der Waals surface area contributed by atoms with Gasteiger partial charge < -0.3 is 0 Å². The highest BCUT2D eigenvalue weighted by molar-refractivity contribution is 7.93. The SMILES string of the molecule is CC(C)c1ccc(N2CCC(CC(C)c3ccc(C#N)cc3)S2(=O)=O)cc1. The first kappa shape index (κ1) is 19.4. The van der Waals surface area contributed by atoms with E-state index < -0.39 is 10.0 Å². The Morgan fingerprint density at radius 1 is 1.04 bits per heavy atom. The largest absolute Gasteiger partial charge is 0.270 e. The second kappa shape index (κ2) is 7.74. The van der Waals surface area contributed by atoms with Crippen LogP contribution in [0.2, 0.25) is 0 Å². The van der Waals surface area contributed by atoms with Crippen LogP contribution in [0.4, 0.5) is 5.69 Å². The third-order valence-corrected chi connectivity index (χ3v) is 7.73. The predicted molar refractivity (Wildman–Crippen MR) is 109 cm³/mol. The van der Waals surface area contributed by atoms with E-state index >= 15 is 0 Å². The summed E-state index contributed by atoms with van der Waals surface area (Å²) < 4.78 is 27.7. The van der Waals surface area contributed by atoms with Crippen LogP contribution in [0.3, 0.4) is 0 Å². The molecule has 27 heavy (non-hydrogen) atoms. The minimum Gasteiger partial charge on any atom is -0.270 e. The van der Waals surface area contributed by atoms with E-state index in [4.69, 9.17) is 5.26 Å². The van der Waals surface area contributed by atoms with Crippen molar-refractivity contribution in [1.82, 2.24) is 0 Å². The normalized spacial score (nSPS) is 19.8. The van der Waals surface area contributed by atoms with Gasteiger partial charge in [-0.2, -0.15) is 5.26 Å². The highest BCUT2D eigenvalue weighted by atomic mass is 32.2. The zero-order valence-electron chi connectivity index (χ0n) is 16.1. The first-order chi connectivity index (χ1) is 12.8. The molecule has 1 aliphatic rings. The summed E-state index contributed by atoms with van der Waals surface area (Å²) in [6, 6.07) is 17.4. The fourth-order valence-electron chi connectivity index (χ4n) is 3.67. The van der Waals surface area contributed by atoms with Gasteiger partial charge in [-0.25, -0.2) is 8.42 Å². The second-order valence-corrected chi connectivity index (χ2v) is 9.78. The van der Waals surface area contributed by atoms with Gasteiger partial charge in [0.2, 0.25) is 10.0 Å². The average molecular weight is 383 g/mol. The molecule has 5 heteroatoms. The molecule has 2 atom stereocenters.